The predicted octanol–water partition coefficient (Wildman–Crippen LogP) is 0.664. The molecule has 4 nitrogen and oxygen atoms in total. The fourth-order valence-corrected chi connectivity index (χ4v) is 1.69. The highest BCUT2D eigenvalue weighted by Crippen LogP contribution is 2.18. The van der Waals surface area contributed by atoms with Gasteiger partial charge in [-0.2, -0.15) is 11.8 Å². The summed E-state index contributed by atoms with van der Waals surface area (Å²) in [5.41, 5.74) is 3.15. The Morgan fingerprint density at radius 3 is 2.64 bits per heavy atom. The van der Waals surface area contributed by atoms with Crippen LogP contribution in [0.4, 0.5) is 0 Å². The van der Waals surface area contributed by atoms with Crippen molar-refractivity contribution < 1.29 is 15.0 Å². The number of hydrogen-bond acceptors (Lipinski definition) is 4. The molecule has 0 aromatic rings. The van der Waals surface area contributed by atoms with Crippen LogP contribution in [0.1, 0.15) is 13.3 Å². The third kappa shape index (κ3) is 3.69. The average Bonchev–Trinajstić information content (AvgIpc) is 2.11. The largest absolute Gasteiger partial charge is 0.478 e. The van der Waals surface area contributed by atoms with Gasteiger partial charge >= 0.3 is 5.97 Å². The van der Waals surface area contributed by atoms with E-state index in [-0.39, 0.29) is 0 Å². The van der Waals surface area contributed by atoms with E-state index in [0.717, 1.165) is 6.42 Å². The Bertz CT molecular complexity index is 216. The summed E-state index contributed by atoms with van der Waals surface area (Å²) in [5, 5.41) is 18.2. The number of thioether (sulfide) groups is 1. The zero-order valence-electron chi connectivity index (χ0n) is 8.43. The Morgan fingerprint density at radius 1 is 1.71 bits per heavy atom. The summed E-state index contributed by atoms with van der Waals surface area (Å²) in [5.74, 6) is -1.47. The van der Waals surface area contributed by atoms with E-state index in [4.69, 9.17) is 10.8 Å². The highest BCUT2D eigenvalue weighted by Gasteiger charge is 2.38. The minimum absolute atomic E-state index is 0.482. The Morgan fingerprint density at radius 2 is 2.29 bits per heavy atom. The lowest BCUT2D eigenvalue weighted by atomic mass is 9.97. The van der Waals surface area contributed by atoms with Crippen LogP contribution in [0.25, 0.3) is 0 Å². The van der Waals surface area contributed by atoms with Gasteiger partial charge in [0.25, 0.3) is 0 Å². The second-order valence-electron chi connectivity index (χ2n) is 3.03. The predicted molar refractivity (Wildman–Crippen MR) is 58.1 cm³/mol. The van der Waals surface area contributed by atoms with Crippen LogP contribution in [-0.2, 0) is 4.79 Å². The normalized spacial score (nSPS) is 18.0. The highest BCUT2D eigenvalue weighted by atomic mass is 32.2. The molecule has 0 aliphatic rings. The van der Waals surface area contributed by atoms with Crippen LogP contribution >= 0.6 is 11.8 Å². The number of aliphatic hydroxyl groups is 1. The van der Waals surface area contributed by atoms with Gasteiger partial charge in [-0.25, -0.2) is 4.79 Å². The van der Waals surface area contributed by atoms with Crippen LogP contribution in [-0.4, -0.2) is 33.9 Å². The van der Waals surface area contributed by atoms with Crippen molar-refractivity contribution in [3.8, 4) is 0 Å². The molecule has 0 saturated heterocycles. The van der Waals surface area contributed by atoms with Gasteiger partial charge in [-0.1, -0.05) is 19.1 Å². The first-order valence-electron chi connectivity index (χ1n) is 4.37. The lowest BCUT2D eigenvalue weighted by Gasteiger charge is -2.25. The summed E-state index contributed by atoms with van der Waals surface area (Å²) in [6.07, 6.45) is 6.09. The number of aliphatic carboxylic acids is 1. The maximum atomic E-state index is 10.7. The third-order valence-electron chi connectivity index (χ3n) is 1.86. The zero-order valence-corrected chi connectivity index (χ0v) is 9.25. The van der Waals surface area contributed by atoms with E-state index in [1.165, 1.54) is 11.8 Å². The molecule has 0 fully saturated rings. The molecular formula is C9H17NO3S. The molecule has 0 aromatic heterocycles. The van der Waals surface area contributed by atoms with Crippen LogP contribution in [0, 0.1) is 5.92 Å². The van der Waals surface area contributed by atoms with E-state index < -0.39 is 17.6 Å². The van der Waals surface area contributed by atoms with E-state index >= 15 is 0 Å². The summed E-state index contributed by atoms with van der Waals surface area (Å²) in [4.78, 5) is 10.7. The van der Waals surface area contributed by atoms with Crippen molar-refractivity contribution in [2.45, 2.75) is 19.1 Å². The first-order valence-corrected chi connectivity index (χ1v) is 5.76. The first-order chi connectivity index (χ1) is 6.46. The van der Waals surface area contributed by atoms with E-state index in [9.17, 15) is 9.90 Å². The van der Waals surface area contributed by atoms with Gasteiger partial charge in [0, 0.05) is 11.7 Å². The lowest BCUT2D eigenvalue weighted by molar-refractivity contribution is -0.161. The molecule has 0 spiro atoms. The van der Waals surface area contributed by atoms with Gasteiger partial charge in [-0.15, -0.1) is 0 Å². The molecule has 1 unspecified atom stereocenters. The number of rotatable bonds is 6. The van der Waals surface area contributed by atoms with Crippen LogP contribution in [0.2, 0.25) is 0 Å². The minimum atomic E-state index is -2.17. The van der Waals surface area contributed by atoms with Crippen LogP contribution in [0.3, 0.4) is 0 Å². The van der Waals surface area contributed by atoms with Gasteiger partial charge in [0.1, 0.15) is 0 Å². The van der Waals surface area contributed by atoms with Crippen molar-refractivity contribution in [1.29, 1.82) is 0 Å². The number of carboxylic acid groups (broad SMARTS) is 1. The second kappa shape index (κ2) is 6.06. The van der Waals surface area contributed by atoms with Crippen molar-refractivity contribution >= 4 is 17.7 Å². The molecule has 4 N–H and O–H groups in total. The lowest BCUT2D eigenvalue weighted by Crippen LogP contribution is -2.54. The highest BCUT2D eigenvalue weighted by molar-refractivity contribution is 7.98. The minimum Gasteiger partial charge on any atom is -0.478 e. The van der Waals surface area contributed by atoms with Crippen LogP contribution in [0.15, 0.2) is 12.2 Å². The number of allylic oxidation sites excluding steroid dienone is 1. The third-order valence-corrected chi connectivity index (χ3v) is 2.55. The first kappa shape index (κ1) is 13.5. The monoisotopic (exact) mass is 219 g/mol. The Balaban J connectivity index is 4.62. The summed E-state index contributed by atoms with van der Waals surface area (Å²) >= 11 is 1.45. The Labute approximate surface area is 88.2 Å². The van der Waals surface area contributed by atoms with Crippen molar-refractivity contribution in [2.24, 2.45) is 11.7 Å². The molecule has 0 aromatic carbocycles. The number of nitrogens with two attached hydrogens (primary N) is 1. The number of hydrogen-bond donors (Lipinski definition) is 3. The maximum Gasteiger partial charge on any atom is 0.351 e. The number of carbonyl (C=O) groups is 1. The molecule has 0 radical (unpaired) electrons. The summed E-state index contributed by atoms with van der Waals surface area (Å²) in [6, 6.07) is 0. The van der Waals surface area contributed by atoms with E-state index in [2.05, 4.69) is 0 Å². The van der Waals surface area contributed by atoms with Crippen molar-refractivity contribution in [3.63, 3.8) is 0 Å². The average molecular weight is 219 g/mol. The molecule has 0 heterocycles. The number of carboxylic acids is 1. The molecule has 2 atom stereocenters. The Hall–Kier alpha value is -0.520. The molecular weight excluding hydrogens is 202 g/mol. The molecule has 0 aliphatic heterocycles. The summed E-state index contributed by atoms with van der Waals surface area (Å²) in [6.45, 7) is 1.93. The fourth-order valence-electron chi connectivity index (χ4n) is 0.968. The SMILES string of the molecule is CCC=CC(CSC)[C@@](N)(O)C(=O)O. The van der Waals surface area contributed by atoms with Crippen molar-refractivity contribution in [1.82, 2.24) is 0 Å². The van der Waals surface area contributed by atoms with E-state index in [1.54, 1.807) is 6.08 Å². The second-order valence-corrected chi connectivity index (χ2v) is 3.94. The van der Waals surface area contributed by atoms with Crippen LogP contribution in [0.5, 0.6) is 0 Å². The van der Waals surface area contributed by atoms with E-state index in [1.807, 2.05) is 19.3 Å². The maximum absolute atomic E-state index is 10.7. The smallest absolute Gasteiger partial charge is 0.351 e. The van der Waals surface area contributed by atoms with Gasteiger partial charge in [-0.3, -0.25) is 5.73 Å². The molecule has 0 rings (SSSR count). The van der Waals surface area contributed by atoms with E-state index in [0.29, 0.717) is 5.75 Å². The van der Waals surface area contributed by atoms with Gasteiger partial charge < -0.3 is 10.2 Å². The van der Waals surface area contributed by atoms with Crippen molar-refractivity contribution in [3.05, 3.63) is 12.2 Å². The quantitative estimate of drug-likeness (QED) is 0.451. The molecule has 0 bridgehead atoms. The zero-order chi connectivity index (χ0) is 11.2. The molecule has 14 heavy (non-hydrogen) atoms. The van der Waals surface area contributed by atoms with Gasteiger partial charge in [-0.05, 0) is 12.7 Å². The molecule has 0 aliphatic carbocycles. The van der Waals surface area contributed by atoms with Crippen LogP contribution < -0.4 is 5.73 Å². The fraction of sp³-hybridized carbons (Fsp3) is 0.667. The van der Waals surface area contributed by atoms with Crippen molar-refractivity contribution in [2.75, 3.05) is 12.0 Å². The van der Waals surface area contributed by atoms with Gasteiger partial charge in [0.05, 0.1) is 0 Å². The topological polar surface area (TPSA) is 83.5 Å². The standard InChI is InChI=1S/C9H17NO3S/c1-3-4-5-7(6-14-2)9(10,13)8(11)12/h4-5,7,13H,3,6,10H2,1-2H3,(H,11,12)/t7?,9-/m1/s1. The van der Waals surface area contributed by atoms with Gasteiger partial charge in [0.2, 0.25) is 5.72 Å². The molecule has 5 heteroatoms. The summed E-state index contributed by atoms with van der Waals surface area (Å²) < 4.78 is 0. The molecule has 0 saturated carbocycles. The van der Waals surface area contributed by atoms with Gasteiger partial charge in [0.15, 0.2) is 0 Å². The molecule has 82 valence electrons. The molecule has 0 amide bonds. The Kier molecular flexibility index (Phi) is 5.83. The summed E-state index contributed by atoms with van der Waals surface area (Å²) in [7, 11) is 0.